The normalized spacial score (nSPS) is 10.9. The summed E-state index contributed by atoms with van der Waals surface area (Å²) in [6.45, 7) is 0. The molecule has 3 nitrogen and oxygen atoms in total. The average molecular weight is 245 g/mol. The quantitative estimate of drug-likeness (QED) is 0.749. The van der Waals surface area contributed by atoms with E-state index in [1.165, 1.54) is 0 Å². The molecule has 1 N–H and O–H groups in total. The van der Waals surface area contributed by atoms with Gasteiger partial charge in [-0.1, -0.05) is 24.3 Å². The lowest BCUT2D eigenvalue weighted by Crippen LogP contribution is -1.75. The van der Waals surface area contributed by atoms with E-state index in [4.69, 9.17) is 5.26 Å². The van der Waals surface area contributed by atoms with E-state index < -0.39 is 0 Å². The van der Waals surface area contributed by atoms with E-state index in [1.54, 1.807) is 6.20 Å². The number of aromatic nitrogens is 2. The van der Waals surface area contributed by atoms with Crippen LogP contribution >= 0.6 is 0 Å². The minimum absolute atomic E-state index is 0.674. The Balaban J connectivity index is 1.91. The molecule has 0 atom stereocenters. The molecule has 0 aliphatic carbocycles. The van der Waals surface area contributed by atoms with Gasteiger partial charge in [0.15, 0.2) is 0 Å². The summed E-state index contributed by atoms with van der Waals surface area (Å²) in [7, 11) is 0. The maximum atomic E-state index is 8.75. The highest BCUT2D eigenvalue weighted by Gasteiger charge is 1.99. The van der Waals surface area contributed by atoms with E-state index in [0.717, 1.165) is 22.2 Å². The van der Waals surface area contributed by atoms with Crippen LogP contribution in [-0.4, -0.2) is 9.97 Å². The second-order valence-electron chi connectivity index (χ2n) is 4.21. The van der Waals surface area contributed by atoms with Gasteiger partial charge in [0.25, 0.3) is 0 Å². The molecule has 3 aromatic rings. The van der Waals surface area contributed by atoms with Crippen LogP contribution in [0.4, 0.5) is 0 Å². The Morgan fingerprint density at radius 3 is 2.74 bits per heavy atom. The molecule has 3 rings (SSSR count). The van der Waals surface area contributed by atoms with E-state index in [1.807, 2.05) is 54.7 Å². The first kappa shape index (κ1) is 11.2. The van der Waals surface area contributed by atoms with Gasteiger partial charge in [-0.2, -0.15) is 5.26 Å². The van der Waals surface area contributed by atoms with Gasteiger partial charge in [0.05, 0.1) is 11.6 Å². The van der Waals surface area contributed by atoms with E-state index in [2.05, 4.69) is 16.0 Å². The van der Waals surface area contributed by atoms with Gasteiger partial charge in [0.2, 0.25) is 0 Å². The van der Waals surface area contributed by atoms with Crippen LogP contribution < -0.4 is 0 Å². The van der Waals surface area contributed by atoms with Crippen LogP contribution in [0.5, 0.6) is 0 Å². The van der Waals surface area contributed by atoms with E-state index in [9.17, 15) is 0 Å². The van der Waals surface area contributed by atoms with Crippen molar-refractivity contribution in [2.24, 2.45) is 0 Å². The molecule has 0 unspecified atom stereocenters. The highest BCUT2D eigenvalue weighted by Crippen LogP contribution is 2.18. The average Bonchev–Trinajstić information content (AvgIpc) is 2.89. The van der Waals surface area contributed by atoms with Gasteiger partial charge in [-0.15, -0.1) is 0 Å². The van der Waals surface area contributed by atoms with Gasteiger partial charge in [-0.25, -0.2) is 4.98 Å². The summed E-state index contributed by atoms with van der Waals surface area (Å²) < 4.78 is 0. The molecule has 0 bridgehead atoms. The summed E-state index contributed by atoms with van der Waals surface area (Å²) in [5, 5.41) is 9.85. The highest BCUT2D eigenvalue weighted by molar-refractivity contribution is 5.89. The first-order valence-corrected chi connectivity index (χ1v) is 5.97. The number of benzene rings is 1. The Bertz CT molecular complexity index is 774. The maximum absolute atomic E-state index is 8.75. The monoisotopic (exact) mass is 245 g/mol. The lowest BCUT2D eigenvalue weighted by molar-refractivity contribution is 1.33. The van der Waals surface area contributed by atoms with Crippen molar-refractivity contribution in [1.29, 1.82) is 5.26 Å². The van der Waals surface area contributed by atoms with Crippen LogP contribution in [0.3, 0.4) is 0 Å². The van der Waals surface area contributed by atoms with Crippen molar-refractivity contribution in [3.8, 4) is 6.07 Å². The number of aromatic amines is 1. The number of hydrogen-bond acceptors (Lipinski definition) is 2. The lowest BCUT2D eigenvalue weighted by atomic mass is 10.1. The van der Waals surface area contributed by atoms with Gasteiger partial charge in [0, 0.05) is 23.3 Å². The first-order chi connectivity index (χ1) is 9.36. The van der Waals surface area contributed by atoms with Crippen molar-refractivity contribution < 1.29 is 0 Å². The molecule has 0 fully saturated rings. The Morgan fingerprint density at radius 2 is 1.95 bits per heavy atom. The number of pyridine rings is 1. The molecule has 0 saturated heterocycles. The largest absolute Gasteiger partial charge is 0.346 e. The molecule has 1 aromatic carbocycles. The second kappa shape index (κ2) is 4.79. The molecule has 0 saturated carbocycles. The second-order valence-corrected chi connectivity index (χ2v) is 4.21. The highest BCUT2D eigenvalue weighted by atomic mass is 14.8. The molecular formula is C16H11N3. The summed E-state index contributed by atoms with van der Waals surface area (Å²) in [5.41, 5.74) is 3.74. The van der Waals surface area contributed by atoms with Gasteiger partial charge >= 0.3 is 0 Å². The summed E-state index contributed by atoms with van der Waals surface area (Å²) in [6, 6.07) is 13.6. The van der Waals surface area contributed by atoms with E-state index in [0.29, 0.717) is 5.56 Å². The van der Waals surface area contributed by atoms with Crippen molar-refractivity contribution in [1.82, 2.24) is 9.97 Å². The molecular weight excluding hydrogens is 234 g/mol. The summed E-state index contributed by atoms with van der Waals surface area (Å²) in [4.78, 5) is 7.39. The zero-order valence-electron chi connectivity index (χ0n) is 10.2. The Labute approximate surface area is 110 Å². The number of nitrogens with zero attached hydrogens (tertiary/aromatic N) is 2. The zero-order chi connectivity index (χ0) is 13.1. The molecule has 19 heavy (non-hydrogen) atoms. The minimum atomic E-state index is 0.674. The van der Waals surface area contributed by atoms with Gasteiger partial charge in [0.1, 0.15) is 5.65 Å². The molecule has 2 heterocycles. The van der Waals surface area contributed by atoms with E-state index in [-0.39, 0.29) is 0 Å². The third kappa shape index (κ3) is 2.24. The number of rotatable bonds is 2. The Hall–Kier alpha value is -2.86. The van der Waals surface area contributed by atoms with Gasteiger partial charge in [-0.05, 0) is 29.8 Å². The van der Waals surface area contributed by atoms with Crippen LogP contribution in [0.25, 0.3) is 23.2 Å². The standard InChI is InChI=1S/C16H11N3/c17-10-13-5-3-12(4-6-13)7-8-14-11-19-16-15(14)2-1-9-18-16/h1-9,11H,(H,18,19)/b8-7+. The fourth-order valence-corrected chi connectivity index (χ4v) is 1.97. The fourth-order valence-electron chi connectivity index (χ4n) is 1.97. The maximum Gasteiger partial charge on any atom is 0.137 e. The summed E-state index contributed by atoms with van der Waals surface area (Å²) >= 11 is 0. The summed E-state index contributed by atoms with van der Waals surface area (Å²) in [6.07, 6.45) is 7.78. The topological polar surface area (TPSA) is 52.5 Å². The van der Waals surface area contributed by atoms with Crippen LogP contribution in [0.1, 0.15) is 16.7 Å². The SMILES string of the molecule is N#Cc1ccc(/C=C/c2c[nH]c3ncccc23)cc1. The van der Waals surface area contributed by atoms with Crippen LogP contribution in [0.15, 0.2) is 48.8 Å². The van der Waals surface area contributed by atoms with Crippen LogP contribution in [0, 0.1) is 11.3 Å². The number of hydrogen-bond donors (Lipinski definition) is 1. The third-order valence-electron chi connectivity index (χ3n) is 2.98. The Morgan fingerprint density at radius 1 is 1.11 bits per heavy atom. The van der Waals surface area contributed by atoms with Crippen LogP contribution in [-0.2, 0) is 0 Å². The minimum Gasteiger partial charge on any atom is -0.346 e. The van der Waals surface area contributed by atoms with E-state index >= 15 is 0 Å². The zero-order valence-corrected chi connectivity index (χ0v) is 10.2. The number of nitriles is 1. The summed E-state index contributed by atoms with van der Waals surface area (Å²) in [5.74, 6) is 0. The van der Waals surface area contributed by atoms with Crippen molar-refractivity contribution in [3.05, 3.63) is 65.5 Å². The van der Waals surface area contributed by atoms with Gasteiger partial charge < -0.3 is 4.98 Å². The Kier molecular flexibility index (Phi) is 2.83. The van der Waals surface area contributed by atoms with Crippen LogP contribution in [0.2, 0.25) is 0 Å². The predicted molar refractivity (Wildman–Crippen MR) is 76.2 cm³/mol. The van der Waals surface area contributed by atoms with Crippen molar-refractivity contribution in [2.45, 2.75) is 0 Å². The fraction of sp³-hybridized carbons (Fsp3) is 0. The lowest BCUT2D eigenvalue weighted by Gasteiger charge is -1.94. The molecule has 0 amide bonds. The van der Waals surface area contributed by atoms with Crippen molar-refractivity contribution in [2.75, 3.05) is 0 Å². The molecule has 0 radical (unpaired) electrons. The number of nitrogens with one attached hydrogen (secondary N) is 1. The molecule has 2 aromatic heterocycles. The number of H-pyrrole nitrogens is 1. The first-order valence-electron chi connectivity index (χ1n) is 5.97. The van der Waals surface area contributed by atoms with Crippen molar-refractivity contribution >= 4 is 23.2 Å². The third-order valence-corrected chi connectivity index (χ3v) is 2.98. The molecule has 0 spiro atoms. The smallest absolute Gasteiger partial charge is 0.137 e. The number of fused-ring (bicyclic) bond motifs is 1. The molecule has 90 valence electrons. The van der Waals surface area contributed by atoms with Crippen molar-refractivity contribution in [3.63, 3.8) is 0 Å². The molecule has 0 aliphatic heterocycles. The van der Waals surface area contributed by atoms with Gasteiger partial charge in [-0.3, -0.25) is 0 Å². The molecule has 3 heteroatoms. The predicted octanol–water partition coefficient (Wildman–Crippen LogP) is 3.60. The molecule has 0 aliphatic rings.